The van der Waals surface area contributed by atoms with Crippen molar-refractivity contribution < 1.29 is 0 Å². The molecule has 0 aromatic carbocycles. The van der Waals surface area contributed by atoms with Gasteiger partial charge in [0.05, 0.1) is 0 Å². The minimum atomic E-state index is -0.00898. The van der Waals surface area contributed by atoms with Crippen LogP contribution in [-0.2, 0) is 6.42 Å². The number of aryl methyl sites for hydroxylation is 1. The van der Waals surface area contributed by atoms with Gasteiger partial charge < -0.3 is 5.73 Å². The predicted octanol–water partition coefficient (Wildman–Crippen LogP) is 0.883. The van der Waals surface area contributed by atoms with Gasteiger partial charge in [-0.2, -0.15) is 0 Å². The van der Waals surface area contributed by atoms with Crippen LogP contribution >= 0.6 is 11.3 Å². The molecule has 2 aromatic heterocycles. The molecular formula is C8H12N6S. The second-order valence-electron chi connectivity index (χ2n) is 3.18. The second kappa shape index (κ2) is 3.93. The van der Waals surface area contributed by atoms with Crippen molar-refractivity contribution in [3.63, 3.8) is 0 Å². The quantitative estimate of drug-likeness (QED) is 0.837. The Morgan fingerprint density at radius 1 is 1.60 bits per heavy atom. The topological polar surface area (TPSA) is 82.5 Å². The highest BCUT2D eigenvalue weighted by Crippen LogP contribution is 2.23. The summed E-state index contributed by atoms with van der Waals surface area (Å²) in [4.78, 5) is 5.58. The lowest BCUT2D eigenvalue weighted by atomic mass is 10.4. The summed E-state index contributed by atoms with van der Waals surface area (Å²) < 4.78 is 1.57. The Morgan fingerprint density at radius 3 is 2.93 bits per heavy atom. The van der Waals surface area contributed by atoms with Crippen LogP contribution in [0.15, 0.2) is 6.20 Å². The second-order valence-corrected chi connectivity index (χ2v) is 4.32. The average Bonchev–Trinajstić information content (AvgIpc) is 2.84. The molecule has 0 saturated heterocycles. The Labute approximate surface area is 91.1 Å². The van der Waals surface area contributed by atoms with E-state index >= 15 is 0 Å². The fraction of sp³-hybridized carbons (Fsp3) is 0.500. The summed E-state index contributed by atoms with van der Waals surface area (Å²) in [5.74, 6) is 0.316. The molecule has 0 saturated carbocycles. The summed E-state index contributed by atoms with van der Waals surface area (Å²) >= 11 is 1.66. The molecule has 0 fully saturated rings. The Bertz CT molecular complexity index is 447. The summed E-state index contributed by atoms with van der Waals surface area (Å²) in [6, 6.07) is -0.00898. The maximum Gasteiger partial charge on any atom is 0.240 e. The van der Waals surface area contributed by atoms with Crippen LogP contribution in [0, 0.1) is 0 Å². The van der Waals surface area contributed by atoms with E-state index in [0.717, 1.165) is 11.4 Å². The molecule has 15 heavy (non-hydrogen) atoms. The van der Waals surface area contributed by atoms with Gasteiger partial charge in [0.25, 0.3) is 0 Å². The van der Waals surface area contributed by atoms with Crippen LogP contribution in [0.1, 0.15) is 29.8 Å². The van der Waals surface area contributed by atoms with Gasteiger partial charge in [0.2, 0.25) is 5.95 Å². The van der Waals surface area contributed by atoms with Gasteiger partial charge in [-0.15, -0.1) is 11.3 Å². The number of aromatic nitrogens is 5. The molecule has 80 valence electrons. The average molecular weight is 224 g/mol. The molecule has 7 heteroatoms. The third-order valence-electron chi connectivity index (χ3n) is 2.16. The Morgan fingerprint density at radius 2 is 2.40 bits per heavy atom. The van der Waals surface area contributed by atoms with Crippen LogP contribution in [0.5, 0.6) is 0 Å². The Kier molecular flexibility index (Phi) is 2.63. The molecule has 0 radical (unpaired) electrons. The molecule has 2 rings (SSSR count). The number of anilines is 1. The van der Waals surface area contributed by atoms with E-state index in [1.54, 1.807) is 16.0 Å². The number of nitrogen functional groups attached to an aromatic ring is 1. The highest BCUT2D eigenvalue weighted by Gasteiger charge is 2.15. The standard InChI is InChI=1S/C8H12N6S/c1-3-6-4-10-7(15-6)5(2)14-8(9)11-12-13-14/h4-5H,3H2,1-2H3,(H2,9,11,13). The fourth-order valence-corrected chi connectivity index (χ4v) is 2.15. The van der Waals surface area contributed by atoms with E-state index in [1.807, 2.05) is 13.1 Å². The largest absolute Gasteiger partial charge is 0.367 e. The number of nitrogens with two attached hydrogens (primary N) is 1. The van der Waals surface area contributed by atoms with E-state index in [1.165, 1.54) is 4.88 Å². The number of thiazole rings is 1. The van der Waals surface area contributed by atoms with Gasteiger partial charge >= 0.3 is 0 Å². The molecule has 0 aliphatic heterocycles. The van der Waals surface area contributed by atoms with Gasteiger partial charge in [-0.3, -0.25) is 0 Å². The molecule has 0 aliphatic carbocycles. The third-order valence-corrected chi connectivity index (χ3v) is 3.47. The lowest BCUT2D eigenvalue weighted by molar-refractivity contribution is 0.547. The molecule has 0 bridgehead atoms. The number of hydrogen-bond acceptors (Lipinski definition) is 6. The van der Waals surface area contributed by atoms with E-state index in [-0.39, 0.29) is 6.04 Å². The number of hydrogen-bond donors (Lipinski definition) is 1. The first-order valence-electron chi connectivity index (χ1n) is 4.70. The first kappa shape index (κ1) is 10.0. The van der Waals surface area contributed by atoms with Crippen LogP contribution in [0.4, 0.5) is 5.95 Å². The predicted molar refractivity (Wildman–Crippen MR) is 57.5 cm³/mol. The molecule has 2 aromatic rings. The lowest BCUT2D eigenvalue weighted by Crippen LogP contribution is -2.11. The molecule has 1 atom stereocenters. The zero-order chi connectivity index (χ0) is 10.8. The van der Waals surface area contributed by atoms with Crippen molar-refractivity contribution in [3.05, 3.63) is 16.1 Å². The number of rotatable bonds is 3. The summed E-state index contributed by atoms with van der Waals surface area (Å²) in [6.45, 7) is 4.08. The van der Waals surface area contributed by atoms with E-state index in [4.69, 9.17) is 5.73 Å². The molecule has 1 unspecified atom stereocenters. The third kappa shape index (κ3) is 1.82. The van der Waals surface area contributed by atoms with Crippen LogP contribution in [0.2, 0.25) is 0 Å². The van der Waals surface area contributed by atoms with Gasteiger partial charge in [-0.1, -0.05) is 12.0 Å². The van der Waals surface area contributed by atoms with Crippen molar-refractivity contribution in [2.75, 3.05) is 5.73 Å². The van der Waals surface area contributed by atoms with Gasteiger partial charge in [-0.05, 0) is 23.8 Å². The molecule has 6 nitrogen and oxygen atoms in total. The van der Waals surface area contributed by atoms with Gasteiger partial charge in [0, 0.05) is 11.1 Å². The van der Waals surface area contributed by atoms with Gasteiger partial charge in [0.15, 0.2) is 0 Å². The zero-order valence-electron chi connectivity index (χ0n) is 8.58. The van der Waals surface area contributed by atoms with Crippen molar-refractivity contribution >= 4 is 17.3 Å². The SMILES string of the molecule is CCc1cnc(C(C)n2nnnc2N)s1. The summed E-state index contributed by atoms with van der Waals surface area (Å²) in [5, 5.41) is 12.0. The van der Waals surface area contributed by atoms with E-state index in [9.17, 15) is 0 Å². The summed E-state index contributed by atoms with van der Waals surface area (Å²) in [6.07, 6.45) is 2.88. The molecule has 2 heterocycles. The van der Waals surface area contributed by atoms with Crippen LogP contribution in [0.25, 0.3) is 0 Å². The Balaban J connectivity index is 2.28. The smallest absolute Gasteiger partial charge is 0.240 e. The first-order valence-corrected chi connectivity index (χ1v) is 5.52. The van der Waals surface area contributed by atoms with Crippen molar-refractivity contribution in [1.29, 1.82) is 0 Å². The fourth-order valence-electron chi connectivity index (χ4n) is 1.26. The summed E-state index contributed by atoms with van der Waals surface area (Å²) in [7, 11) is 0. The molecule has 0 aliphatic rings. The zero-order valence-corrected chi connectivity index (χ0v) is 9.40. The molecule has 0 spiro atoms. The van der Waals surface area contributed by atoms with Crippen molar-refractivity contribution in [2.24, 2.45) is 0 Å². The maximum atomic E-state index is 5.62. The monoisotopic (exact) mass is 224 g/mol. The van der Waals surface area contributed by atoms with E-state index < -0.39 is 0 Å². The number of tetrazole rings is 1. The van der Waals surface area contributed by atoms with Crippen molar-refractivity contribution in [2.45, 2.75) is 26.3 Å². The minimum Gasteiger partial charge on any atom is -0.367 e. The normalized spacial score (nSPS) is 12.9. The molecule has 2 N–H and O–H groups in total. The molecular weight excluding hydrogens is 212 g/mol. The molecule has 0 amide bonds. The number of nitrogens with zero attached hydrogens (tertiary/aromatic N) is 5. The van der Waals surface area contributed by atoms with E-state index in [0.29, 0.717) is 5.95 Å². The van der Waals surface area contributed by atoms with Crippen LogP contribution < -0.4 is 5.73 Å². The lowest BCUT2D eigenvalue weighted by Gasteiger charge is -2.07. The van der Waals surface area contributed by atoms with Crippen molar-refractivity contribution in [1.82, 2.24) is 25.2 Å². The van der Waals surface area contributed by atoms with Crippen molar-refractivity contribution in [3.8, 4) is 0 Å². The highest BCUT2D eigenvalue weighted by atomic mass is 32.1. The van der Waals surface area contributed by atoms with Gasteiger partial charge in [-0.25, -0.2) is 9.67 Å². The summed E-state index contributed by atoms with van der Waals surface area (Å²) in [5.41, 5.74) is 5.62. The van der Waals surface area contributed by atoms with E-state index in [2.05, 4.69) is 27.4 Å². The van der Waals surface area contributed by atoms with Crippen LogP contribution in [0.3, 0.4) is 0 Å². The van der Waals surface area contributed by atoms with Crippen LogP contribution in [-0.4, -0.2) is 25.2 Å². The Hall–Kier alpha value is -1.50. The van der Waals surface area contributed by atoms with Gasteiger partial charge in [0.1, 0.15) is 11.0 Å². The maximum absolute atomic E-state index is 5.62. The first-order chi connectivity index (χ1) is 7.22. The minimum absolute atomic E-state index is 0.00898. The highest BCUT2D eigenvalue weighted by molar-refractivity contribution is 7.11.